The molecule has 3 aliphatic heterocycles. The molecule has 0 radical (unpaired) electrons. The average Bonchev–Trinajstić information content (AvgIpc) is 3.30. The predicted molar refractivity (Wildman–Crippen MR) is 116 cm³/mol. The van der Waals surface area contributed by atoms with Crippen molar-refractivity contribution in [3.05, 3.63) is 83.4 Å². The number of fused-ring (bicyclic) bond motifs is 3. The van der Waals surface area contributed by atoms with E-state index in [-0.39, 0.29) is 11.9 Å². The lowest BCUT2D eigenvalue weighted by molar-refractivity contribution is -0.137. The summed E-state index contributed by atoms with van der Waals surface area (Å²) in [5, 5.41) is 6.44. The van der Waals surface area contributed by atoms with Gasteiger partial charge in [0.25, 0.3) is 0 Å². The molecule has 0 spiro atoms. The van der Waals surface area contributed by atoms with E-state index < -0.39 is 17.2 Å². The minimum atomic E-state index is -4.46. The summed E-state index contributed by atoms with van der Waals surface area (Å²) >= 11 is 0. The van der Waals surface area contributed by atoms with Crippen LogP contribution < -0.4 is 9.91 Å². The number of para-hydroxylation sites is 2. The Hall–Kier alpha value is -3.28. The molecule has 0 aromatic heterocycles. The summed E-state index contributed by atoms with van der Waals surface area (Å²) in [7, 11) is 0. The second-order valence-corrected chi connectivity index (χ2v) is 8.55. The third-order valence-corrected chi connectivity index (χ3v) is 7.02. The number of nitrogens with zero attached hydrogens (tertiary/aromatic N) is 3. The van der Waals surface area contributed by atoms with Gasteiger partial charge in [-0.15, -0.1) is 0 Å². The number of benzene rings is 3. The molecule has 0 fully saturated rings. The van der Waals surface area contributed by atoms with Gasteiger partial charge >= 0.3 is 6.18 Å². The fourth-order valence-corrected chi connectivity index (χ4v) is 5.40. The molecule has 0 saturated carbocycles. The van der Waals surface area contributed by atoms with Crippen LogP contribution in [0, 0.1) is 0 Å². The molecule has 0 amide bonds. The van der Waals surface area contributed by atoms with Gasteiger partial charge in [-0.25, -0.2) is 5.01 Å². The zero-order valence-corrected chi connectivity index (χ0v) is 17.1. The van der Waals surface area contributed by atoms with Crippen molar-refractivity contribution in [1.29, 1.82) is 0 Å². The van der Waals surface area contributed by atoms with Gasteiger partial charge in [-0.3, -0.25) is 4.90 Å². The van der Waals surface area contributed by atoms with E-state index in [1.165, 1.54) is 12.1 Å². The number of amidine groups is 1. The minimum Gasteiger partial charge on any atom is -0.300 e. The largest absolute Gasteiger partial charge is 0.418 e. The molecule has 2 unspecified atom stereocenters. The molecule has 0 saturated heterocycles. The molecule has 3 heterocycles. The van der Waals surface area contributed by atoms with Crippen LogP contribution in [-0.2, 0) is 11.6 Å². The third kappa shape index (κ3) is 2.22. The average molecular weight is 419 g/mol. The van der Waals surface area contributed by atoms with Gasteiger partial charge in [0.05, 0.1) is 16.9 Å². The van der Waals surface area contributed by atoms with Crippen molar-refractivity contribution in [2.24, 2.45) is 5.10 Å². The van der Waals surface area contributed by atoms with Crippen LogP contribution in [0.15, 0.2) is 71.8 Å². The number of halogens is 3. The summed E-state index contributed by atoms with van der Waals surface area (Å²) in [4.78, 5) is 2.16. The number of anilines is 2. The van der Waals surface area contributed by atoms with Crippen LogP contribution >= 0.6 is 0 Å². The van der Waals surface area contributed by atoms with Gasteiger partial charge in [-0.1, -0.05) is 68.4 Å². The Labute approximate surface area is 178 Å². The van der Waals surface area contributed by atoms with Gasteiger partial charge < -0.3 is 0 Å². The maximum Gasteiger partial charge on any atom is 0.418 e. The van der Waals surface area contributed by atoms with Crippen LogP contribution in [0.1, 0.15) is 37.0 Å². The van der Waals surface area contributed by atoms with Gasteiger partial charge in [0.15, 0.2) is 5.84 Å². The van der Waals surface area contributed by atoms with Gasteiger partial charge in [0.1, 0.15) is 6.17 Å². The highest BCUT2D eigenvalue weighted by molar-refractivity contribution is 6.22. The number of rotatable bonds is 2. The van der Waals surface area contributed by atoms with Gasteiger partial charge in [-0.05, 0) is 29.7 Å². The Morgan fingerprint density at radius 3 is 2.32 bits per heavy atom. The quantitative estimate of drug-likeness (QED) is 0.480. The highest BCUT2D eigenvalue weighted by Crippen LogP contribution is 2.58. The first-order valence-corrected chi connectivity index (χ1v) is 10.4. The van der Waals surface area contributed by atoms with Crippen LogP contribution in [-0.4, -0.2) is 12.0 Å². The van der Waals surface area contributed by atoms with E-state index in [1.807, 2.05) is 18.2 Å². The molecule has 3 aromatic carbocycles. The molecule has 31 heavy (non-hydrogen) atoms. The van der Waals surface area contributed by atoms with Crippen molar-refractivity contribution in [1.82, 2.24) is 0 Å². The van der Waals surface area contributed by atoms with Crippen molar-refractivity contribution in [3.8, 4) is 11.1 Å². The van der Waals surface area contributed by atoms with Gasteiger partial charge in [-0.2, -0.15) is 18.3 Å². The normalized spacial score (nSPS) is 23.0. The van der Waals surface area contributed by atoms with E-state index >= 15 is 0 Å². The first kappa shape index (κ1) is 18.5. The summed E-state index contributed by atoms with van der Waals surface area (Å²) in [5.41, 5.74) is 4.40. The molecule has 0 N–H and O–H groups in total. The van der Waals surface area contributed by atoms with Crippen molar-refractivity contribution < 1.29 is 13.2 Å². The molecule has 3 nitrogen and oxygen atoms in total. The van der Waals surface area contributed by atoms with Crippen molar-refractivity contribution in [3.63, 3.8) is 0 Å². The van der Waals surface area contributed by atoms with Gasteiger partial charge in [0, 0.05) is 16.5 Å². The molecule has 6 heteroatoms. The van der Waals surface area contributed by atoms with E-state index in [2.05, 4.69) is 43.0 Å². The smallest absolute Gasteiger partial charge is 0.300 e. The molecule has 3 aromatic rings. The molecule has 0 aliphatic carbocycles. The van der Waals surface area contributed by atoms with Crippen molar-refractivity contribution in [2.75, 3.05) is 9.91 Å². The number of alkyl halides is 3. The van der Waals surface area contributed by atoms with Crippen molar-refractivity contribution in [2.45, 2.75) is 38.0 Å². The Kier molecular flexibility index (Phi) is 3.52. The van der Waals surface area contributed by atoms with E-state index in [0.29, 0.717) is 0 Å². The Balaban J connectivity index is 1.67. The third-order valence-electron chi connectivity index (χ3n) is 7.02. The Bertz CT molecular complexity index is 1260. The number of hydrogen-bond acceptors (Lipinski definition) is 3. The summed E-state index contributed by atoms with van der Waals surface area (Å²) in [6, 6.07) is 20.0. The maximum atomic E-state index is 13.9. The van der Waals surface area contributed by atoms with Crippen LogP contribution in [0.4, 0.5) is 24.5 Å². The van der Waals surface area contributed by atoms with Crippen LogP contribution in [0.25, 0.3) is 11.1 Å². The SMILES string of the molecule is CCC1(C)c2cccc3c2N2C(=NN(c4ccccc4C(F)(F)F)C21)c1ccccc1-3. The lowest BCUT2D eigenvalue weighted by atomic mass is 9.78. The first-order chi connectivity index (χ1) is 14.9. The number of hydrogen-bond donors (Lipinski definition) is 0. The van der Waals surface area contributed by atoms with Crippen LogP contribution in [0.2, 0.25) is 0 Å². The first-order valence-electron chi connectivity index (χ1n) is 10.4. The Morgan fingerprint density at radius 2 is 1.58 bits per heavy atom. The summed E-state index contributed by atoms with van der Waals surface area (Å²) in [6.45, 7) is 4.23. The second-order valence-electron chi connectivity index (χ2n) is 8.55. The molecule has 6 rings (SSSR count). The van der Waals surface area contributed by atoms with E-state index in [9.17, 15) is 13.2 Å². The highest BCUT2D eigenvalue weighted by atomic mass is 19.4. The van der Waals surface area contributed by atoms with Gasteiger partial charge in [0.2, 0.25) is 0 Å². The van der Waals surface area contributed by atoms with Crippen molar-refractivity contribution >= 4 is 17.2 Å². The topological polar surface area (TPSA) is 18.8 Å². The molecular weight excluding hydrogens is 399 g/mol. The zero-order valence-electron chi connectivity index (χ0n) is 17.1. The molecule has 156 valence electrons. The standard InChI is InChI=1S/C25H20F3N3/c1-3-24(2)19-13-8-11-16-15-9-4-5-10-17(15)22-29-31(23(24)30(22)21(16)19)20-14-7-6-12-18(20)25(26,27)28/h4-14,23H,3H2,1-2H3. The lowest BCUT2D eigenvalue weighted by Crippen LogP contribution is -2.50. The van der Waals surface area contributed by atoms with E-state index in [4.69, 9.17) is 5.10 Å². The second kappa shape index (κ2) is 5.90. The van der Waals surface area contributed by atoms with E-state index in [0.717, 1.165) is 46.3 Å². The summed E-state index contributed by atoms with van der Waals surface area (Å²) in [6.07, 6.45) is -4.05. The summed E-state index contributed by atoms with van der Waals surface area (Å²) < 4.78 is 41.8. The summed E-state index contributed by atoms with van der Waals surface area (Å²) in [5.74, 6) is 0.717. The Morgan fingerprint density at radius 1 is 0.903 bits per heavy atom. The highest BCUT2D eigenvalue weighted by Gasteiger charge is 2.57. The minimum absolute atomic E-state index is 0.0911. The molecule has 0 bridgehead atoms. The predicted octanol–water partition coefficient (Wildman–Crippen LogP) is 6.38. The molecular formula is C25H20F3N3. The number of hydrazone groups is 1. The zero-order chi connectivity index (χ0) is 21.5. The fourth-order valence-electron chi connectivity index (χ4n) is 5.40. The van der Waals surface area contributed by atoms with Crippen LogP contribution in [0.3, 0.4) is 0 Å². The van der Waals surface area contributed by atoms with Crippen LogP contribution in [0.5, 0.6) is 0 Å². The van der Waals surface area contributed by atoms with E-state index in [1.54, 1.807) is 11.1 Å². The molecule has 3 aliphatic rings. The fraction of sp³-hybridized carbons (Fsp3) is 0.240. The monoisotopic (exact) mass is 419 g/mol. The lowest BCUT2D eigenvalue weighted by Gasteiger charge is -2.38. The maximum absolute atomic E-state index is 13.9. The molecule has 2 atom stereocenters.